The molecule has 1 atom stereocenters. The molecule has 0 fully saturated rings. The van der Waals surface area contributed by atoms with Crippen LogP contribution in [-0.2, 0) is 11.2 Å². The van der Waals surface area contributed by atoms with Gasteiger partial charge in [0.2, 0.25) is 0 Å². The van der Waals surface area contributed by atoms with Gasteiger partial charge < -0.3 is 10.1 Å². The smallest absolute Gasteiger partial charge is 0.132 e. The molecule has 0 bridgehead atoms. The maximum atomic E-state index is 13.6. The van der Waals surface area contributed by atoms with Crippen LogP contribution < -0.4 is 5.32 Å². The van der Waals surface area contributed by atoms with E-state index < -0.39 is 11.6 Å². The van der Waals surface area contributed by atoms with Crippen LogP contribution in [-0.4, -0.2) is 20.2 Å². The Morgan fingerprint density at radius 1 is 1.47 bits per heavy atom. The monoisotopic (exact) mass is 213 g/mol. The number of hydrogen-bond donors (Lipinski definition) is 1. The number of fused-ring (bicyclic) bond motifs is 1. The van der Waals surface area contributed by atoms with Crippen molar-refractivity contribution in [3.63, 3.8) is 0 Å². The first-order valence-corrected chi connectivity index (χ1v) is 4.96. The lowest BCUT2D eigenvalue weighted by Crippen LogP contribution is -2.26. The number of rotatable bonds is 2. The second-order valence-corrected chi connectivity index (χ2v) is 3.63. The quantitative estimate of drug-likeness (QED) is 0.808. The summed E-state index contributed by atoms with van der Waals surface area (Å²) in [5, 5.41) is 2.93. The van der Waals surface area contributed by atoms with Crippen LogP contribution in [0.15, 0.2) is 12.1 Å². The highest BCUT2D eigenvalue weighted by Crippen LogP contribution is 2.29. The van der Waals surface area contributed by atoms with Crippen molar-refractivity contribution in [3.8, 4) is 0 Å². The number of hydrogen-bond acceptors (Lipinski definition) is 2. The molecular formula is C11H13F2NO. The van der Waals surface area contributed by atoms with Gasteiger partial charge in [-0.3, -0.25) is 0 Å². The van der Waals surface area contributed by atoms with Gasteiger partial charge in [0.25, 0.3) is 0 Å². The van der Waals surface area contributed by atoms with Gasteiger partial charge in [0, 0.05) is 18.2 Å². The minimum Gasteiger partial charge on any atom is -0.372 e. The van der Waals surface area contributed by atoms with Crippen molar-refractivity contribution in [1.82, 2.24) is 5.32 Å². The molecule has 1 aromatic carbocycles. The van der Waals surface area contributed by atoms with Crippen molar-refractivity contribution < 1.29 is 13.5 Å². The minimum atomic E-state index is -0.517. The van der Waals surface area contributed by atoms with E-state index in [1.165, 1.54) is 6.07 Å². The van der Waals surface area contributed by atoms with Crippen molar-refractivity contribution in [3.05, 3.63) is 34.9 Å². The van der Waals surface area contributed by atoms with Crippen molar-refractivity contribution in [2.45, 2.75) is 12.5 Å². The predicted octanol–water partition coefficient (Wildman–Crippen LogP) is 1.80. The Kier molecular flexibility index (Phi) is 2.98. The van der Waals surface area contributed by atoms with E-state index in [1.54, 1.807) is 7.05 Å². The molecule has 0 aromatic heterocycles. The maximum absolute atomic E-state index is 13.6. The van der Waals surface area contributed by atoms with Crippen molar-refractivity contribution in [1.29, 1.82) is 0 Å². The maximum Gasteiger partial charge on any atom is 0.132 e. The molecule has 1 N–H and O–H groups in total. The molecule has 2 rings (SSSR count). The third kappa shape index (κ3) is 2.01. The molecule has 4 heteroatoms. The lowest BCUT2D eigenvalue weighted by Gasteiger charge is -2.26. The van der Waals surface area contributed by atoms with Crippen LogP contribution in [0.3, 0.4) is 0 Å². The number of likely N-dealkylation sites (N-methyl/N-ethyl adjacent to an activating group) is 1. The van der Waals surface area contributed by atoms with E-state index in [9.17, 15) is 8.78 Å². The molecule has 0 radical (unpaired) electrons. The molecule has 15 heavy (non-hydrogen) atoms. The fourth-order valence-electron chi connectivity index (χ4n) is 1.95. The van der Waals surface area contributed by atoms with Gasteiger partial charge in [-0.1, -0.05) is 0 Å². The van der Waals surface area contributed by atoms with E-state index in [-0.39, 0.29) is 6.10 Å². The van der Waals surface area contributed by atoms with Gasteiger partial charge in [-0.05, 0) is 25.1 Å². The molecule has 1 aromatic rings. The highest BCUT2D eigenvalue weighted by atomic mass is 19.1. The largest absolute Gasteiger partial charge is 0.372 e. The zero-order valence-electron chi connectivity index (χ0n) is 8.52. The Labute approximate surface area is 87.2 Å². The molecule has 2 nitrogen and oxygen atoms in total. The normalized spacial score (nSPS) is 20.1. The average molecular weight is 213 g/mol. The number of benzene rings is 1. The van der Waals surface area contributed by atoms with Gasteiger partial charge >= 0.3 is 0 Å². The summed E-state index contributed by atoms with van der Waals surface area (Å²) in [6, 6.07) is 2.31. The van der Waals surface area contributed by atoms with Gasteiger partial charge in [0.1, 0.15) is 11.6 Å². The minimum absolute atomic E-state index is 0.306. The third-order valence-corrected chi connectivity index (χ3v) is 2.58. The molecule has 1 heterocycles. The number of nitrogens with one attached hydrogen (secondary N) is 1. The number of halogens is 2. The predicted molar refractivity (Wildman–Crippen MR) is 52.7 cm³/mol. The summed E-state index contributed by atoms with van der Waals surface area (Å²) in [4.78, 5) is 0. The molecule has 0 saturated heterocycles. The van der Waals surface area contributed by atoms with E-state index in [1.807, 2.05) is 0 Å². The number of ether oxygens (including phenoxy) is 1. The summed E-state index contributed by atoms with van der Waals surface area (Å²) >= 11 is 0. The molecule has 1 aliphatic rings. The van der Waals surface area contributed by atoms with Gasteiger partial charge in [-0.15, -0.1) is 0 Å². The second kappa shape index (κ2) is 4.24. The van der Waals surface area contributed by atoms with E-state index >= 15 is 0 Å². The molecule has 0 aliphatic carbocycles. The topological polar surface area (TPSA) is 21.3 Å². The molecule has 0 amide bonds. The summed E-state index contributed by atoms with van der Waals surface area (Å²) in [5.74, 6) is -1.03. The van der Waals surface area contributed by atoms with Crippen LogP contribution in [0.2, 0.25) is 0 Å². The van der Waals surface area contributed by atoms with Crippen LogP contribution >= 0.6 is 0 Å². The van der Waals surface area contributed by atoms with Crippen LogP contribution in [0.4, 0.5) is 8.78 Å². The summed E-state index contributed by atoms with van der Waals surface area (Å²) in [6.07, 6.45) is 0.267. The van der Waals surface area contributed by atoms with Gasteiger partial charge in [-0.2, -0.15) is 0 Å². The first-order chi connectivity index (χ1) is 7.22. The summed E-state index contributed by atoms with van der Waals surface area (Å²) in [6.45, 7) is 1.05. The molecule has 1 aliphatic heterocycles. The lowest BCUT2D eigenvalue weighted by atomic mass is 9.96. The van der Waals surface area contributed by atoms with Gasteiger partial charge in [-0.25, -0.2) is 8.78 Å². The Morgan fingerprint density at radius 3 is 3.00 bits per heavy atom. The molecule has 82 valence electrons. The second-order valence-electron chi connectivity index (χ2n) is 3.63. The lowest BCUT2D eigenvalue weighted by molar-refractivity contribution is 0.0408. The highest BCUT2D eigenvalue weighted by Gasteiger charge is 2.24. The molecule has 0 saturated carbocycles. The Balaban J connectivity index is 2.41. The van der Waals surface area contributed by atoms with E-state index in [0.29, 0.717) is 25.1 Å². The van der Waals surface area contributed by atoms with E-state index in [4.69, 9.17) is 4.74 Å². The van der Waals surface area contributed by atoms with Crippen molar-refractivity contribution in [2.24, 2.45) is 0 Å². The van der Waals surface area contributed by atoms with Gasteiger partial charge in [0.05, 0.1) is 12.7 Å². The van der Waals surface area contributed by atoms with Crippen LogP contribution in [0.1, 0.15) is 17.2 Å². The molecule has 0 unspecified atom stereocenters. The average Bonchev–Trinajstić information content (AvgIpc) is 2.17. The van der Waals surface area contributed by atoms with E-state index in [2.05, 4.69) is 5.32 Å². The summed E-state index contributed by atoms with van der Waals surface area (Å²) in [5.41, 5.74) is 1.22. The molecule has 0 spiro atoms. The van der Waals surface area contributed by atoms with Crippen LogP contribution in [0, 0.1) is 11.6 Å². The SMILES string of the molecule is CNC[C@@H]1OCCc2cc(F)cc(F)c21. The molecular weight excluding hydrogens is 200 g/mol. The van der Waals surface area contributed by atoms with Crippen LogP contribution in [0.5, 0.6) is 0 Å². The fraction of sp³-hybridized carbons (Fsp3) is 0.455. The Hall–Kier alpha value is -1.00. The third-order valence-electron chi connectivity index (χ3n) is 2.58. The zero-order chi connectivity index (χ0) is 10.8. The first-order valence-electron chi connectivity index (χ1n) is 4.96. The van der Waals surface area contributed by atoms with Crippen molar-refractivity contribution in [2.75, 3.05) is 20.2 Å². The van der Waals surface area contributed by atoms with Gasteiger partial charge in [0.15, 0.2) is 0 Å². The van der Waals surface area contributed by atoms with Crippen molar-refractivity contribution >= 4 is 0 Å². The fourth-order valence-corrected chi connectivity index (χ4v) is 1.95. The first kappa shape index (κ1) is 10.5. The van der Waals surface area contributed by atoms with Crippen LogP contribution in [0.25, 0.3) is 0 Å². The Morgan fingerprint density at radius 2 is 2.27 bits per heavy atom. The summed E-state index contributed by atoms with van der Waals surface area (Å²) < 4.78 is 32.0. The summed E-state index contributed by atoms with van der Waals surface area (Å²) in [7, 11) is 1.78. The standard InChI is InChI=1S/C11H13F2NO/c1-14-6-10-11-7(2-3-15-10)4-8(12)5-9(11)13/h4-5,10,14H,2-3,6H2,1H3/t10-/m0/s1. The Bertz CT molecular complexity index is 368. The van der Waals surface area contributed by atoms with E-state index in [0.717, 1.165) is 11.6 Å². The highest BCUT2D eigenvalue weighted by molar-refractivity contribution is 5.33. The zero-order valence-corrected chi connectivity index (χ0v) is 8.52.